The molecule has 100 valence electrons. The minimum Gasteiger partial charge on any atom is -0.355 e. The lowest BCUT2D eigenvalue weighted by Crippen LogP contribution is -2.46. The zero-order valence-electron chi connectivity index (χ0n) is 10.3. The Hall–Kier alpha value is -0.160. The second-order valence-corrected chi connectivity index (χ2v) is 6.66. The van der Waals surface area contributed by atoms with E-state index >= 15 is 0 Å². The molecule has 1 aromatic rings. The topological polar surface area (TPSA) is 42.1 Å². The fourth-order valence-corrected chi connectivity index (χ4v) is 3.51. The highest BCUT2D eigenvalue weighted by Gasteiger charge is 2.33. The fourth-order valence-electron chi connectivity index (χ4n) is 2.26. The molecule has 0 saturated carbocycles. The van der Waals surface area contributed by atoms with Crippen LogP contribution in [0.3, 0.4) is 0 Å². The number of thioether (sulfide) groups is 1. The van der Waals surface area contributed by atoms with Crippen molar-refractivity contribution in [3.63, 3.8) is 0 Å². The molecule has 1 fully saturated rings. The van der Waals surface area contributed by atoms with Crippen LogP contribution >= 0.6 is 35.0 Å². The van der Waals surface area contributed by atoms with Crippen LogP contribution in [0.1, 0.15) is 12.8 Å². The lowest BCUT2D eigenvalue weighted by molar-refractivity contribution is 0.455. The van der Waals surface area contributed by atoms with Gasteiger partial charge in [0.2, 0.25) is 0 Å². The van der Waals surface area contributed by atoms with E-state index in [0.717, 1.165) is 38.3 Å². The fraction of sp³-hybridized carbons (Fsp3) is 0.583. The number of rotatable bonds is 3. The number of nitrogens with two attached hydrogens (primary N) is 1. The Bertz CT molecular complexity index is 414. The predicted octanol–water partition coefficient (Wildman–Crippen LogP) is 3.05. The molecule has 0 unspecified atom stereocenters. The average molecular weight is 306 g/mol. The Morgan fingerprint density at radius 3 is 2.61 bits per heavy atom. The lowest BCUT2D eigenvalue weighted by atomic mass is 9.96. The number of hydrogen-bond acceptors (Lipinski definition) is 4. The average Bonchev–Trinajstić information content (AvgIpc) is 2.39. The molecule has 18 heavy (non-hydrogen) atoms. The first-order valence-corrected chi connectivity index (χ1v) is 7.89. The summed E-state index contributed by atoms with van der Waals surface area (Å²) in [5.41, 5.74) is 5.88. The van der Waals surface area contributed by atoms with E-state index in [0.29, 0.717) is 10.0 Å². The molecule has 0 amide bonds. The van der Waals surface area contributed by atoms with Crippen molar-refractivity contribution in [3.8, 4) is 0 Å². The molecule has 1 aliphatic heterocycles. The van der Waals surface area contributed by atoms with Crippen LogP contribution in [0.4, 0.5) is 5.82 Å². The van der Waals surface area contributed by atoms with Gasteiger partial charge in [0, 0.05) is 30.6 Å². The van der Waals surface area contributed by atoms with Gasteiger partial charge >= 0.3 is 0 Å². The molecule has 0 aliphatic carbocycles. The van der Waals surface area contributed by atoms with Crippen LogP contribution < -0.4 is 10.6 Å². The summed E-state index contributed by atoms with van der Waals surface area (Å²) < 4.78 is 0.218. The molecule has 0 bridgehead atoms. The molecular formula is C12H17Cl2N3S. The molecule has 2 rings (SSSR count). The minimum absolute atomic E-state index is 0.218. The summed E-state index contributed by atoms with van der Waals surface area (Å²) in [6.45, 7) is 2.60. The van der Waals surface area contributed by atoms with Crippen molar-refractivity contribution < 1.29 is 0 Å². The second-order valence-electron chi connectivity index (χ2n) is 4.54. The van der Waals surface area contributed by atoms with Crippen molar-refractivity contribution in [2.75, 3.05) is 30.8 Å². The van der Waals surface area contributed by atoms with Crippen LogP contribution in [-0.2, 0) is 0 Å². The third-order valence-electron chi connectivity index (χ3n) is 3.57. The Morgan fingerprint density at radius 1 is 1.44 bits per heavy atom. The number of aromatic nitrogens is 1. The standard InChI is InChI=1S/C12H17Cl2N3S/c1-18-12(8-15)2-4-17(5-3-12)11-10(14)6-9(13)7-16-11/h6-7H,2-5,8,15H2,1H3. The van der Waals surface area contributed by atoms with Gasteiger partial charge in [-0.25, -0.2) is 4.98 Å². The van der Waals surface area contributed by atoms with Crippen molar-refractivity contribution in [1.82, 2.24) is 4.98 Å². The monoisotopic (exact) mass is 305 g/mol. The molecule has 0 aromatic carbocycles. The maximum Gasteiger partial charge on any atom is 0.147 e. The van der Waals surface area contributed by atoms with E-state index in [-0.39, 0.29) is 4.75 Å². The van der Waals surface area contributed by atoms with Crippen molar-refractivity contribution in [2.24, 2.45) is 5.73 Å². The summed E-state index contributed by atoms with van der Waals surface area (Å²) in [5, 5.41) is 1.19. The van der Waals surface area contributed by atoms with Gasteiger partial charge in [0.1, 0.15) is 5.82 Å². The lowest BCUT2D eigenvalue weighted by Gasteiger charge is -2.40. The van der Waals surface area contributed by atoms with E-state index in [1.54, 1.807) is 12.3 Å². The number of hydrogen-bond donors (Lipinski definition) is 1. The van der Waals surface area contributed by atoms with Gasteiger partial charge in [0.15, 0.2) is 0 Å². The normalized spacial score (nSPS) is 19.0. The predicted molar refractivity (Wildman–Crippen MR) is 81.0 cm³/mol. The van der Waals surface area contributed by atoms with Crippen LogP contribution in [0.5, 0.6) is 0 Å². The summed E-state index contributed by atoms with van der Waals surface area (Å²) in [6.07, 6.45) is 5.90. The minimum atomic E-state index is 0.218. The molecule has 0 radical (unpaired) electrons. The molecule has 0 spiro atoms. The molecular weight excluding hydrogens is 289 g/mol. The van der Waals surface area contributed by atoms with E-state index < -0.39 is 0 Å². The summed E-state index contributed by atoms with van der Waals surface area (Å²) in [7, 11) is 0. The van der Waals surface area contributed by atoms with Gasteiger partial charge in [0.05, 0.1) is 10.0 Å². The van der Waals surface area contributed by atoms with Crippen LogP contribution in [0, 0.1) is 0 Å². The van der Waals surface area contributed by atoms with Gasteiger partial charge in [-0.05, 0) is 25.2 Å². The Morgan fingerprint density at radius 2 is 2.11 bits per heavy atom. The number of halogens is 2. The zero-order valence-corrected chi connectivity index (χ0v) is 12.7. The van der Waals surface area contributed by atoms with Crippen LogP contribution in [-0.4, -0.2) is 35.6 Å². The highest BCUT2D eigenvalue weighted by molar-refractivity contribution is 8.00. The molecule has 6 heteroatoms. The van der Waals surface area contributed by atoms with Gasteiger partial charge < -0.3 is 10.6 Å². The molecule has 1 saturated heterocycles. The number of anilines is 1. The number of pyridine rings is 1. The van der Waals surface area contributed by atoms with Gasteiger partial charge in [0.25, 0.3) is 0 Å². The van der Waals surface area contributed by atoms with Gasteiger partial charge in [-0.2, -0.15) is 11.8 Å². The van der Waals surface area contributed by atoms with Crippen LogP contribution in [0.2, 0.25) is 10.0 Å². The van der Waals surface area contributed by atoms with E-state index in [4.69, 9.17) is 28.9 Å². The smallest absolute Gasteiger partial charge is 0.147 e. The molecule has 0 atom stereocenters. The quantitative estimate of drug-likeness (QED) is 0.932. The highest BCUT2D eigenvalue weighted by Crippen LogP contribution is 2.36. The molecule has 2 N–H and O–H groups in total. The van der Waals surface area contributed by atoms with Gasteiger partial charge in [-0.15, -0.1) is 0 Å². The van der Waals surface area contributed by atoms with E-state index in [1.165, 1.54) is 0 Å². The first-order valence-electron chi connectivity index (χ1n) is 5.91. The highest BCUT2D eigenvalue weighted by atomic mass is 35.5. The number of nitrogens with zero attached hydrogens (tertiary/aromatic N) is 2. The SMILES string of the molecule is CSC1(CN)CCN(c2ncc(Cl)cc2Cl)CC1. The van der Waals surface area contributed by atoms with Crippen molar-refractivity contribution in [2.45, 2.75) is 17.6 Å². The Labute approximate surface area is 122 Å². The molecule has 1 aliphatic rings. The van der Waals surface area contributed by atoms with Gasteiger partial charge in [-0.3, -0.25) is 0 Å². The van der Waals surface area contributed by atoms with Crippen LogP contribution in [0.25, 0.3) is 0 Å². The van der Waals surface area contributed by atoms with Gasteiger partial charge in [-0.1, -0.05) is 23.2 Å². The van der Waals surface area contributed by atoms with Crippen molar-refractivity contribution in [1.29, 1.82) is 0 Å². The largest absolute Gasteiger partial charge is 0.355 e. The molecule has 3 nitrogen and oxygen atoms in total. The maximum atomic E-state index is 6.18. The summed E-state index contributed by atoms with van der Waals surface area (Å²) in [5.74, 6) is 0.827. The van der Waals surface area contributed by atoms with Crippen molar-refractivity contribution >= 4 is 40.8 Å². The molecule has 2 heterocycles. The van der Waals surface area contributed by atoms with Crippen LogP contribution in [0.15, 0.2) is 12.3 Å². The zero-order chi connectivity index (χ0) is 13.2. The Kier molecular flexibility index (Phi) is 4.64. The number of piperidine rings is 1. The third kappa shape index (κ3) is 2.87. The van der Waals surface area contributed by atoms with E-state index in [1.807, 2.05) is 11.8 Å². The Balaban J connectivity index is 2.10. The third-order valence-corrected chi connectivity index (χ3v) is 5.49. The summed E-state index contributed by atoms with van der Waals surface area (Å²) >= 11 is 13.9. The second kappa shape index (κ2) is 5.87. The van der Waals surface area contributed by atoms with Crippen molar-refractivity contribution in [3.05, 3.63) is 22.3 Å². The summed E-state index contributed by atoms with van der Waals surface area (Å²) in [4.78, 5) is 6.54. The van der Waals surface area contributed by atoms with E-state index in [2.05, 4.69) is 16.1 Å². The molecule has 1 aromatic heterocycles. The summed E-state index contributed by atoms with van der Waals surface area (Å²) in [6, 6.07) is 1.74. The first kappa shape index (κ1) is 14.3. The first-order chi connectivity index (χ1) is 8.60. The maximum absolute atomic E-state index is 6.18. The van der Waals surface area contributed by atoms with E-state index in [9.17, 15) is 0 Å².